The van der Waals surface area contributed by atoms with Crippen LogP contribution in [0.3, 0.4) is 0 Å². The predicted octanol–water partition coefficient (Wildman–Crippen LogP) is 31.7. The molecular formula is C100H200O10Si10. The van der Waals surface area contributed by atoms with Crippen LogP contribution in [0, 0.1) is 5.92 Å². The lowest BCUT2D eigenvalue weighted by atomic mass is 9.89. The Balaban J connectivity index is 2.87. The van der Waals surface area contributed by atoms with Gasteiger partial charge in [0.2, 0.25) is 0 Å². The van der Waals surface area contributed by atoms with Crippen LogP contribution in [0.4, 0.5) is 0 Å². The molecule has 2 aromatic rings. The van der Waals surface area contributed by atoms with Crippen molar-refractivity contribution in [2.45, 2.75) is 515 Å². The zero-order valence-electron chi connectivity index (χ0n) is 88.4. The van der Waals surface area contributed by atoms with E-state index >= 15 is 0 Å². The minimum atomic E-state index is -2.86. The molecule has 2 rings (SSSR count). The van der Waals surface area contributed by atoms with Gasteiger partial charge in [-0.05, 0) is 236 Å². The van der Waals surface area contributed by atoms with E-state index in [0.717, 1.165) is 70.6 Å². The molecule has 10 atom stereocenters. The van der Waals surface area contributed by atoms with Crippen molar-refractivity contribution in [3.05, 3.63) is 97.6 Å². The summed E-state index contributed by atoms with van der Waals surface area (Å²) in [5.74, 6) is 0.0516. The SMILES string of the molecule is C=C[C@@H](C[C@H](O[Si](C)(C)C(C)(C)C)[C@H](O[Si](C)(C)C(C)(C)C)[C@@H](C)C[C@H](O[Si](C)(C)C(C)(C)C)[C@H](CCCCC[C@H](CCC[C@H](/C=C/C[C@H](/C=C/C[C@H](CO[Si](c1ccccc1)(c1ccccc1)C(C)(C)C)O[Si](C)(C)C(C)(C)C)O[Si](C)(C)C(C)(C)C)O[Si](C)(C)C(C)(C)C)O[Si](C)(C)C(C)(C)C)O[Si](C)(C)C(C)(C)C)O[Si](C)(C)C(C)(C)C. The first-order valence-electron chi connectivity index (χ1n) is 47.2. The normalized spacial score (nSPS) is 17.6. The summed E-state index contributed by atoms with van der Waals surface area (Å²) < 4.78 is 77.0. The quantitative estimate of drug-likeness (QED) is 0.0362. The summed E-state index contributed by atoms with van der Waals surface area (Å²) in [5.41, 5.74) is 0. The molecular weight excluding hydrogens is 1640 g/mol. The molecule has 0 radical (unpaired) electrons. The molecule has 20 heteroatoms. The van der Waals surface area contributed by atoms with Crippen molar-refractivity contribution in [3.63, 3.8) is 0 Å². The lowest BCUT2D eigenvalue weighted by Crippen LogP contribution is -2.67. The summed E-state index contributed by atoms with van der Waals surface area (Å²) in [4.78, 5) is 0. The molecule has 0 bridgehead atoms. The highest BCUT2D eigenvalue weighted by Gasteiger charge is 2.54. The number of rotatable bonds is 47. The molecule has 0 saturated carbocycles. The lowest BCUT2D eigenvalue weighted by Gasteiger charge is -2.49. The molecule has 0 saturated heterocycles. The highest BCUT2D eigenvalue weighted by atomic mass is 28.4. The van der Waals surface area contributed by atoms with Crippen molar-refractivity contribution >= 4 is 93.5 Å². The van der Waals surface area contributed by atoms with E-state index in [1.165, 1.54) is 10.4 Å². The average Bonchev–Trinajstić information content (AvgIpc) is 0.743. The second-order valence-corrected chi connectivity index (χ2v) is 98.5. The second kappa shape index (κ2) is 43.6. The van der Waals surface area contributed by atoms with E-state index in [1.807, 2.05) is 0 Å². The molecule has 700 valence electrons. The largest absolute Gasteiger partial charge is 0.414 e. The van der Waals surface area contributed by atoms with Crippen LogP contribution in [0.2, 0.25) is 168 Å². The van der Waals surface area contributed by atoms with Crippen molar-refractivity contribution in [2.24, 2.45) is 5.92 Å². The fraction of sp³-hybridized carbons (Fsp3) is 0.820. The maximum atomic E-state index is 8.02. The van der Waals surface area contributed by atoms with Crippen molar-refractivity contribution in [1.29, 1.82) is 0 Å². The van der Waals surface area contributed by atoms with Crippen LogP contribution in [0.15, 0.2) is 97.6 Å². The van der Waals surface area contributed by atoms with E-state index in [1.54, 1.807) is 0 Å². The van der Waals surface area contributed by atoms with Gasteiger partial charge >= 0.3 is 0 Å². The molecule has 0 unspecified atom stereocenters. The Morgan fingerprint density at radius 2 is 0.600 bits per heavy atom. The van der Waals surface area contributed by atoms with Crippen LogP contribution in [0.5, 0.6) is 0 Å². The Morgan fingerprint density at radius 3 is 0.983 bits per heavy atom. The molecule has 0 aliphatic heterocycles. The second-order valence-electron chi connectivity index (χ2n) is 51.4. The Hall–Kier alpha value is -0.571. The highest BCUT2D eigenvalue weighted by Crippen LogP contribution is 2.50. The first-order chi connectivity index (χ1) is 53.4. The molecule has 0 aromatic heterocycles. The Bertz CT molecular complexity index is 3350. The Labute approximate surface area is 757 Å². The molecule has 0 heterocycles. The van der Waals surface area contributed by atoms with E-state index in [2.05, 4.69) is 430 Å². The van der Waals surface area contributed by atoms with E-state index in [9.17, 15) is 0 Å². The van der Waals surface area contributed by atoms with Crippen molar-refractivity contribution in [1.82, 2.24) is 0 Å². The smallest absolute Gasteiger partial charge is 0.261 e. The molecule has 0 amide bonds. The average molecular weight is 1840 g/mol. The van der Waals surface area contributed by atoms with Gasteiger partial charge in [-0.3, -0.25) is 0 Å². The Morgan fingerprint density at radius 1 is 0.292 bits per heavy atom. The molecule has 0 N–H and O–H groups in total. The van der Waals surface area contributed by atoms with Gasteiger partial charge in [0, 0.05) is 12.5 Å². The number of hydrogen-bond donors (Lipinski definition) is 0. The lowest BCUT2D eigenvalue weighted by molar-refractivity contribution is -0.0400. The van der Waals surface area contributed by atoms with Gasteiger partial charge in [0.05, 0.1) is 55.4 Å². The minimum Gasteiger partial charge on any atom is -0.414 e. The van der Waals surface area contributed by atoms with Crippen molar-refractivity contribution in [2.75, 3.05) is 6.61 Å². The van der Waals surface area contributed by atoms with Crippen LogP contribution in [-0.4, -0.2) is 145 Å². The van der Waals surface area contributed by atoms with Crippen LogP contribution >= 0.6 is 0 Å². The topological polar surface area (TPSA) is 92.3 Å². The number of hydrogen-bond acceptors (Lipinski definition) is 10. The predicted molar refractivity (Wildman–Crippen MR) is 555 cm³/mol. The van der Waals surface area contributed by atoms with Crippen LogP contribution in [0.1, 0.15) is 292 Å². The van der Waals surface area contributed by atoms with Gasteiger partial charge in [-0.1, -0.05) is 325 Å². The zero-order valence-corrected chi connectivity index (χ0v) is 98.4. The van der Waals surface area contributed by atoms with Crippen LogP contribution in [0.25, 0.3) is 0 Å². The van der Waals surface area contributed by atoms with Gasteiger partial charge in [0.15, 0.2) is 74.9 Å². The monoisotopic (exact) mass is 1840 g/mol. The molecule has 0 fully saturated rings. The first-order valence-corrected chi connectivity index (χ1v) is 75.3. The van der Waals surface area contributed by atoms with Gasteiger partial charge in [0.1, 0.15) is 0 Å². The molecule has 0 aliphatic carbocycles. The summed E-state index contributed by atoms with van der Waals surface area (Å²) >= 11 is 0. The molecule has 2 aromatic carbocycles. The Kier molecular flexibility index (Phi) is 42.0. The first kappa shape index (κ1) is 115. The summed E-state index contributed by atoms with van der Waals surface area (Å²) in [6.07, 6.45) is 21.5. The molecule has 120 heavy (non-hydrogen) atoms. The third-order valence-corrected chi connectivity index (χ3v) is 76.4. The zero-order chi connectivity index (χ0) is 93.8. The fourth-order valence-electron chi connectivity index (χ4n) is 13.3. The molecule has 0 aliphatic rings. The molecule has 10 nitrogen and oxygen atoms in total. The fourth-order valence-corrected chi connectivity index (χ4v) is 30.1. The van der Waals surface area contributed by atoms with Crippen molar-refractivity contribution in [3.8, 4) is 0 Å². The summed E-state index contributed by atoms with van der Waals surface area (Å²) in [5, 5.41) is 2.49. The van der Waals surface area contributed by atoms with E-state index in [4.69, 9.17) is 44.3 Å². The van der Waals surface area contributed by atoms with E-state index in [-0.39, 0.29) is 111 Å². The van der Waals surface area contributed by atoms with Gasteiger partial charge < -0.3 is 44.3 Å². The van der Waals surface area contributed by atoms with Crippen LogP contribution in [-0.2, 0) is 44.3 Å². The van der Waals surface area contributed by atoms with Gasteiger partial charge in [0.25, 0.3) is 8.32 Å². The maximum Gasteiger partial charge on any atom is 0.261 e. The van der Waals surface area contributed by atoms with Crippen molar-refractivity contribution < 1.29 is 44.3 Å². The summed E-state index contributed by atoms with van der Waals surface area (Å²) in [6.45, 7) is 122. The number of benzene rings is 2. The van der Waals surface area contributed by atoms with E-state index in [0.29, 0.717) is 13.0 Å². The number of unbranched alkanes of at least 4 members (excludes halogenated alkanes) is 2. The molecule has 0 spiro atoms. The third kappa shape index (κ3) is 34.0. The summed E-state index contributed by atoms with van der Waals surface area (Å²) in [7, 11) is -23.6. The van der Waals surface area contributed by atoms with Gasteiger partial charge in [-0.25, -0.2) is 0 Å². The maximum absolute atomic E-state index is 8.02. The highest BCUT2D eigenvalue weighted by molar-refractivity contribution is 6.99. The van der Waals surface area contributed by atoms with E-state index < -0.39 is 83.2 Å². The minimum absolute atomic E-state index is 0.00668. The van der Waals surface area contributed by atoms with Gasteiger partial charge in [-0.15, -0.1) is 6.58 Å². The summed E-state index contributed by atoms with van der Waals surface area (Å²) in [6, 6.07) is 22.1. The standard InChI is InChI=1S/C100H200O10Si10/c1-51-80(102-111(33,34)91(3,4)5)77-89(109-118(47,48)98(24,25)26)90(110-119(49,50)99(27,28)29)79(2)76-88(108-117(45,46)97(21,22)23)87(107-116(43,44)96(18,19)20)75-60-52-55-64-81(103-112(35,36)92(6,7)8)65-61-66-82(104-113(37,38)93(9,10)11)67-62-68-83(105-114(39,40)94(12,13)14)69-63-70-84(106-115(41,42)95(15,16)17)78-101-120(100(30,31)32,85-71-56-53-57-72-85)86-73-58-54-59-74-86/h51,53-54,56-59,62-63,67,69,71-74,79-84,87-90H,1,52,55,60-61,64-66,68,70,75-78H2,2-50H3/b67-62+,69-63+/t79-,80-,81+,82+,83+,84+,87-,88-,89-,90+/m0/s1. The van der Waals surface area contributed by atoms with Gasteiger partial charge in [-0.2, -0.15) is 0 Å². The third-order valence-electron chi connectivity index (χ3n) is 30.9. The van der Waals surface area contributed by atoms with Crippen LogP contribution < -0.4 is 10.4 Å².